The zero-order valence-corrected chi connectivity index (χ0v) is 18.8. The number of amides is 1. The van der Waals surface area contributed by atoms with Gasteiger partial charge in [-0.2, -0.15) is 10.6 Å². The highest BCUT2D eigenvalue weighted by molar-refractivity contribution is 8.24. The molecule has 3 rings (SSSR count). The van der Waals surface area contributed by atoms with Gasteiger partial charge < -0.3 is 9.40 Å². The molecule has 32 heavy (non-hydrogen) atoms. The van der Waals surface area contributed by atoms with Crippen molar-refractivity contribution in [2.75, 3.05) is 31.2 Å². The van der Waals surface area contributed by atoms with Crippen molar-refractivity contribution in [3.63, 3.8) is 0 Å². The smallest absolute Gasteiger partial charge is 0.294 e. The lowest BCUT2D eigenvalue weighted by atomic mass is 10.2. The summed E-state index contributed by atoms with van der Waals surface area (Å²) in [5, 5.41) is 11.1. The van der Waals surface area contributed by atoms with Crippen LogP contribution in [0.3, 0.4) is 0 Å². The molecule has 0 bridgehead atoms. The molecule has 1 saturated heterocycles. The molecule has 0 aliphatic carbocycles. The first-order chi connectivity index (χ1) is 15.3. The van der Waals surface area contributed by atoms with Gasteiger partial charge in [-0.05, 0) is 31.9 Å². The van der Waals surface area contributed by atoms with Crippen LogP contribution in [0.4, 0.5) is 0 Å². The first kappa shape index (κ1) is 24.0. The number of carbonyl (C=O) groups excluding carboxylic acids is 1. The Hall–Kier alpha value is -2.67. The summed E-state index contributed by atoms with van der Waals surface area (Å²) in [6.45, 7) is 2.64. The molecule has 0 radical (unpaired) electrons. The molecule has 176 valence electrons. The van der Waals surface area contributed by atoms with Gasteiger partial charge in [-0.3, -0.25) is 19.3 Å². The summed E-state index contributed by atoms with van der Waals surface area (Å²) < 4.78 is 21.5. The van der Waals surface area contributed by atoms with E-state index in [0.717, 1.165) is 24.4 Å². The summed E-state index contributed by atoms with van der Waals surface area (Å²) in [5.41, 5.74) is 4.76. The van der Waals surface area contributed by atoms with Crippen LogP contribution in [-0.2, 0) is 11.3 Å². The Morgan fingerprint density at radius 3 is 2.56 bits per heavy atom. The van der Waals surface area contributed by atoms with E-state index in [9.17, 15) is 24.0 Å². The lowest BCUT2D eigenvalue weighted by Gasteiger charge is -2.40. The highest BCUT2D eigenvalue weighted by atomic mass is 32.3. The van der Waals surface area contributed by atoms with Crippen LogP contribution in [0.1, 0.15) is 41.3 Å². The third kappa shape index (κ3) is 6.42. The molecule has 3 N–H and O–H groups in total. The standard InChI is InChI=1S/C20H29N5O6S/c1-16-19(20(26)22-23-11-14-32(29,30)15-12-23)21-18(10-6-3-7-13-31-25(27)28)24(16)17-8-4-2-5-9-17/h2,4-5,8-9,29-30H,3,6-7,10-15H2,1H3,(H,22,26). The van der Waals surface area contributed by atoms with Crippen molar-refractivity contribution in [2.24, 2.45) is 0 Å². The number of unbranched alkanes of at least 4 members (excludes halogenated alkanes) is 2. The molecule has 0 saturated carbocycles. The maximum absolute atomic E-state index is 12.9. The molecular weight excluding hydrogens is 438 g/mol. The fraction of sp³-hybridized carbons (Fsp3) is 0.500. The van der Waals surface area contributed by atoms with Gasteiger partial charge in [0.15, 0.2) is 5.69 Å². The number of aryl methyl sites for hydroxylation is 1. The number of benzene rings is 1. The van der Waals surface area contributed by atoms with Crippen molar-refractivity contribution >= 4 is 16.5 Å². The van der Waals surface area contributed by atoms with Crippen LogP contribution in [0.5, 0.6) is 0 Å². The van der Waals surface area contributed by atoms with Crippen molar-refractivity contribution < 1.29 is 23.8 Å². The molecule has 2 aromatic rings. The van der Waals surface area contributed by atoms with Gasteiger partial charge in [0.2, 0.25) is 0 Å². The minimum atomic E-state index is -2.54. The Kier molecular flexibility index (Phi) is 8.07. The zero-order valence-electron chi connectivity index (χ0n) is 18.0. The Morgan fingerprint density at radius 1 is 1.22 bits per heavy atom. The Balaban J connectivity index is 1.71. The predicted molar refractivity (Wildman–Crippen MR) is 120 cm³/mol. The van der Waals surface area contributed by atoms with Crippen LogP contribution in [0.25, 0.3) is 5.69 Å². The summed E-state index contributed by atoms with van der Waals surface area (Å²) in [6, 6.07) is 9.64. The molecule has 1 aliphatic rings. The molecule has 1 aromatic carbocycles. The number of hydrogen-bond acceptors (Lipinski definition) is 8. The van der Waals surface area contributed by atoms with Gasteiger partial charge in [0.25, 0.3) is 11.0 Å². The number of nitrogens with one attached hydrogen (secondary N) is 1. The molecule has 0 atom stereocenters. The number of imidazole rings is 1. The maximum Gasteiger partial charge on any atom is 0.294 e. The van der Waals surface area contributed by atoms with Crippen molar-refractivity contribution in [3.8, 4) is 5.69 Å². The number of carbonyl (C=O) groups is 1. The number of para-hydroxylation sites is 1. The average molecular weight is 468 g/mol. The van der Waals surface area contributed by atoms with Gasteiger partial charge in [-0.25, -0.2) is 9.99 Å². The Bertz CT molecular complexity index is 926. The molecule has 2 heterocycles. The second kappa shape index (κ2) is 10.8. The van der Waals surface area contributed by atoms with E-state index in [4.69, 9.17) is 0 Å². The molecule has 0 spiro atoms. The number of nitrogens with zero attached hydrogens (tertiary/aromatic N) is 4. The summed E-state index contributed by atoms with van der Waals surface area (Å²) in [6.07, 6.45) is 2.64. The van der Waals surface area contributed by atoms with Crippen molar-refractivity contribution in [1.82, 2.24) is 20.0 Å². The van der Waals surface area contributed by atoms with Crippen LogP contribution < -0.4 is 5.43 Å². The predicted octanol–water partition coefficient (Wildman–Crippen LogP) is 2.81. The first-order valence-electron chi connectivity index (χ1n) is 10.5. The number of hydrazine groups is 1. The highest BCUT2D eigenvalue weighted by Crippen LogP contribution is 2.39. The molecular formula is C20H29N5O6S. The molecule has 0 unspecified atom stereocenters. The highest BCUT2D eigenvalue weighted by Gasteiger charge is 2.26. The van der Waals surface area contributed by atoms with Crippen LogP contribution in [0, 0.1) is 17.0 Å². The summed E-state index contributed by atoms with van der Waals surface area (Å²) in [5.74, 6) is 0.866. The number of aromatic nitrogens is 2. The first-order valence-corrected chi connectivity index (χ1v) is 12.4. The van der Waals surface area contributed by atoms with E-state index in [1.807, 2.05) is 41.8 Å². The quantitative estimate of drug-likeness (QED) is 0.275. The zero-order chi connectivity index (χ0) is 23.1. The minimum absolute atomic E-state index is 0.0628. The van der Waals surface area contributed by atoms with Crippen LogP contribution in [0.2, 0.25) is 0 Å². The van der Waals surface area contributed by atoms with Crippen LogP contribution in [-0.4, -0.2) is 65.9 Å². The normalized spacial score (nSPS) is 17.0. The van der Waals surface area contributed by atoms with Gasteiger partial charge in [0, 0.05) is 25.2 Å². The van der Waals surface area contributed by atoms with E-state index >= 15 is 0 Å². The topological polar surface area (TPSA) is 143 Å². The van der Waals surface area contributed by atoms with E-state index in [1.165, 1.54) is 0 Å². The molecule has 1 fully saturated rings. The fourth-order valence-corrected chi connectivity index (χ4v) is 4.83. The SMILES string of the molecule is Cc1c(C(=O)NN2CCS(O)(O)CC2)nc(CCCCCO[N+](=O)[O-])n1-c1ccccc1. The van der Waals surface area contributed by atoms with Crippen molar-refractivity contribution in [3.05, 3.63) is 57.7 Å². The monoisotopic (exact) mass is 467 g/mol. The molecule has 11 nitrogen and oxygen atoms in total. The lowest BCUT2D eigenvalue weighted by Crippen LogP contribution is -2.49. The minimum Gasteiger partial charge on any atom is -0.314 e. The van der Waals surface area contributed by atoms with E-state index < -0.39 is 15.7 Å². The van der Waals surface area contributed by atoms with E-state index in [0.29, 0.717) is 37.3 Å². The maximum atomic E-state index is 12.9. The lowest BCUT2D eigenvalue weighted by molar-refractivity contribution is -0.757. The second-order valence-electron chi connectivity index (χ2n) is 7.64. The summed E-state index contributed by atoms with van der Waals surface area (Å²) >= 11 is 0. The third-order valence-corrected chi connectivity index (χ3v) is 6.96. The van der Waals surface area contributed by atoms with E-state index in [-0.39, 0.29) is 24.0 Å². The third-order valence-electron chi connectivity index (χ3n) is 5.28. The Morgan fingerprint density at radius 2 is 1.91 bits per heavy atom. The molecule has 1 amide bonds. The summed E-state index contributed by atoms with van der Waals surface area (Å²) in [4.78, 5) is 32.1. The van der Waals surface area contributed by atoms with E-state index in [1.54, 1.807) is 5.01 Å². The largest absolute Gasteiger partial charge is 0.314 e. The van der Waals surface area contributed by atoms with Gasteiger partial charge in [0.05, 0.1) is 23.8 Å². The van der Waals surface area contributed by atoms with Gasteiger partial charge in [-0.1, -0.05) is 24.6 Å². The van der Waals surface area contributed by atoms with Crippen molar-refractivity contribution in [1.29, 1.82) is 0 Å². The number of hydrogen-bond donors (Lipinski definition) is 3. The van der Waals surface area contributed by atoms with Gasteiger partial charge in [0.1, 0.15) is 5.82 Å². The molecule has 1 aliphatic heterocycles. The molecule has 12 heteroatoms. The Labute approximate surface area is 187 Å². The second-order valence-corrected chi connectivity index (χ2v) is 10.1. The van der Waals surface area contributed by atoms with E-state index in [2.05, 4.69) is 15.2 Å². The average Bonchev–Trinajstić information content (AvgIpc) is 3.08. The number of rotatable bonds is 10. The van der Waals surface area contributed by atoms with Gasteiger partial charge in [-0.15, -0.1) is 10.1 Å². The van der Waals surface area contributed by atoms with Gasteiger partial charge >= 0.3 is 0 Å². The molecule has 1 aromatic heterocycles. The fourth-order valence-electron chi connectivity index (χ4n) is 3.60. The summed E-state index contributed by atoms with van der Waals surface area (Å²) in [7, 11) is -2.54. The van der Waals surface area contributed by atoms with Crippen LogP contribution in [0.15, 0.2) is 30.3 Å². The van der Waals surface area contributed by atoms with Crippen molar-refractivity contribution in [2.45, 2.75) is 32.6 Å². The van der Waals surface area contributed by atoms with Crippen LogP contribution >= 0.6 is 10.6 Å².